The van der Waals surface area contributed by atoms with Crippen LogP contribution in [-0.4, -0.2) is 37.1 Å². The summed E-state index contributed by atoms with van der Waals surface area (Å²) in [4.78, 5) is 0. The van der Waals surface area contributed by atoms with Gasteiger partial charge in [0, 0.05) is 12.5 Å². The van der Waals surface area contributed by atoms with Gasteiger partial charge in [-0.25, -0.2) is 0 Å². The fourth-order valence-electron chi connectivity index (χ4n) is 8.23. The molecule has 1 aliphatic heterocycles. The van der Waals surface area contributed by atoms with Crippen LogP contribution in [0.5, 0.6) is 0 Å². The van der Waals surface area contributed by atoms with Gasteiger partial charge in [-0.2, -0.15) is 0 Å². The molecule has 5 aliphatic rings. The highest BCUT2D eigenvalue weighted by Gasteiger charge is 2.70. The Morgan fingerprint density at radius 1 is 1.04 bits per heavy atom. The molecule has 0 bridgehead atoms. The Balaban J connectivity index is 1.48. The van der Waals surface area contributed by atoms with Crippen molar-refractivity contribution in [3.63, 3.8) is 0 Å². The van der Waals surface area contributed by atoms with Crippen molar-refractivity contribution in [1.29, 1.82) is 0 Å². The maximum Gasteiger partial charge on any atom is 0.0972 e. The van der Waals surface area contributed by atoms with E-state index < -0.39 is 0 Å². The average Bonchev–Trinajstić information content (AvgIpc) is 3.30. The lowest BCUT2D eigenvalue weighted by Crippen LogP contribution is -2.57. The molecule has 0 aromatic carbocycles. The molecular weight excluding hydrogens is 300 g/mol. The van der Waals surface area contributed by atoms with Gasteiger partial charge in [0.2, 0.25) is 0 Å². The van der Waals surface area contributed by atoms with Gasteiger partial charge in [0.1, 0.15) is 0 Å². The lowest BCUT2D eigenvalue weighted by Gasteiger charge is -2.61. The van der Waals surface area contributed by atoms with Gasteiger partial charge in [-0.15, -0.1) is 0 Å². The van der Waals surface area contributed by atoms with Crippen LogP contribution in [0.1, 0.15) is 64.7 Å². The summed E-state index contributed by atoms with van der Waals surface area (Å²) in [7, 11) is 1.88. The summed E-state index contributed by atoms with van der Waals surface area (Å²) in [6, 6.07) is 0. The standard InChI is InChI=1S/C21H34O3/c1-19-8-6-18-16(17(19)7-10-21(19)13-24-21)4-3-14-11-15(22)5-9-20(14,18)12-23-2/h14-18,22H,3-13H2,1-2H3. The van der Waals surface area contributed by atoms with Crippen molar-refractivity contribution in [1.82, 2.24) is 0 Å². The number of epoxide rings is 1. The normalized spacial score (nSPS) is 58.9. The van der Waals surface area contributed by atoms with Crippen LogP contribution in [0.25, 0.3) is 0 Å². The second-order valence-electron chi connectivity index (χ2n) is 10.0. The summed E-state index contributed by atoms with van der Waals surface area (Å²) >= 11 is 0. The molecule has 1 heterocycles. The molecule has 5 fully saturated rings. The van der Waals surface area contributed by atoms with E-state index in [2.05, 4.69) is 6.92 Å². The second-order valence-corrected chi connectivity index (χ2v) is 10.0. The van der Waals surface area contributed by atoms with E-state index in [0.717, 1.165) is 43.8 Å². The summed E-state index contributed by atoms with van der Waals surface area (Å²) in [6.45, 7) is 4.49. The monoisotopic (exact) mass is 334 g/mol. The molecule has 1 spiro atoms. The Morgan fingerprint density at radius 2 is 1.83 bits per heavy atom. The van der Waals surface area contributed by atoms with E-state index in [1.54, 1.807) is 0 Å². The highest BCUT2D eigenvalue weighted by Crippen LogP contribution is 2.71. The molecule has 1 saturated heterocycles. The van der Waals surface area contributed by atoms with Crippen molar-refractivity contribution >= 4 is 0 Å². The van der Waals surface area contributed by atoms with Gasteiger partial charge in [-0.1, -0.05) is 6.92 Å². The van der Waals surface area contributed by atoms with E-state index in [1.165, 1.54) is 44.9 Å². The zero-order chi connectivity index (χ0) is 16.6. The van der Waals surface area contributed by atoms with Crippen LogP contribution >= 0.6 is 0 Å². The molecule has 5 rings (SSSR count). The van der Waals surface area contributed by atoms with E-state index in [-0.39, 0.29) is 11.7 Å². The maximum absolute atomic E-state index is 10.2. The van der Waals surface area contributed by atoms with Crippen LogP contribution in [0.3, 0.4) is 0 Å². The summed E-state index contributed by atoms with van der Waals surface area (Å²) in [5.41, 5.74) is 1.04. The molecule has 8 atom stereocenters. The van der Waals surface area contributed by atoms with Crippen molar-refractivity contribution in [2.24, 2.45) is 34.5 Å². The molecule has 0 amide bonds. The van der Waals surface area contributed by atoms with Crippen LogP contribution in [0, 0.1) is 34.5 Å². The largest absolute Gasteiger partial charge is 0.393 e. The van der Waals surface area contributed by atoms with Crippen LogP contribution < -0.4 is 0 Å². The minimum Gasteiger partial charge on any atom is -0.393 e. The predicted octanol–water partition coefficient (Wildman–Crippen LogP) is 3.79. The van der Waals surface area contributed by atoms with Gasteiger partial charge in [0.05, 0.1) is 24.9 Å². The Bertz CT molecular complexity index is 515. The summed E-state index contributed by atoms with van der Waals surface area (Å²) in [5.74, 6) is 3.23. The third-order valence-electron chi connectivity index (χ3n) is 9.53. The lowest BCUT2D eigenvalue weighted by atomic mass is 9.44. The van der Waals surface area contributed by atoms with E-state index in [1.807, 2.05) is 7.11 Å². The molecule has 0 radical (unpaired) electrons. The van der Waals surface area contributed by atoms with E-state index >= 15 is 0 Å². The van der Waals surface area contributed by atoms with Crippen LogP contribution in [-0.2, 0) is 9.47 Å². The third-order valence-corrected chi connectivity index (χ3v) is 9.53. The van der Waals surface area contributed by atoms with Gasteiger partial charge >= 0.3 is 0 Å². The van der Waals surface area contributed by atoms with Gasteiger partial charge in [-0.3, -0.25) is 0 Å². The Morgan fingerprint density at radius 3 is 2.58 bits per heavy atom. The number of hydrogen-bond donors (Lipinski definition) is 1. The molecule has 3 heteroatoms. The molecule has 4 aliphatic carbocycles. The first-order chi connectivity index (χ1) is 11.5. The molecule has 4 saturated carbocycles. The predicted molar refractivity (Wildman–Crippen MR) is 92.6 cm³/mol. The zero-order valence-corrected chi connectivity index (χ0v) is 15.4. The number of methoxy groups -OCH3 is 1. The maximum atomic E-state index is 10.2. The van der Waals surface area contributed by atoms with E-state index in [4.69, 9.17) is 9.47 Å². The van der Waals surface area contributed by atoms with Crippen molar-refractivity contribution < 1.29 is 14.6 Å². The summed E-state index contributed by atoms with van der Waals surface area (Å²) in [6.07, 6.45) is 11.2. The van der Waals surface area contributed by atoms with Gasteiger partial charge in [0.15, 0.2) is 0 Å². The van der Waals surface area contributed by atoms with Crippen molar-refractivity contribution in [2.75, 3.05) is 20.3 Å². The molecule has 3 nitrogen and oxygen atoms in total. The molecule has 0 aromatic heterocycles. The van der Waals surface area contributed by atoms with Gasteiger partial charge in [-0.05, 0) is 86.9 Å². The molecule has 8 unspecified atom stereocenters. The molecule has 0 aromatic rings. The number of fused-ring (bicyclic) bond motifs is 6. The van der Waals surface area contributed by atoms with Crippen LogP contribution in [0.2, 0.25) is 0 Å². The molecule has 1 N–H and O–H groups in total. The number of ether oxygens (including phenoxy) is 2. The van der Waals surface area contributed by atoms with E-state index in [9.17, 15) is 5.11 Å². The third kappa shape index (κ3) is 1.90. The fourth-order valence-corrected chi connectivity index (χ4v) is 8.23. The minimum absolute atomic E-state index is 0.0694. The first-order valence-electron chi connectivity index (χ1n) is 10.4. The van der Waals surface area contributed by atoms with E-state index in [0.29, 0.717) is 16.7 Å². The number of aliphatic hydroxyl groups excluding tert-OH is 1. The smallest absolute Gasteiger partial charge is 0.0972 e. The van der Waals surface area contributed by atoms with Gasteiger partial charge in [0.25, 0.3) is 0 Å². The molecule has 136 valence electrons. The van der Waals surface area contributed by atoms with Crippen LogP contribution in [0.4, 0.5) is 0 Å². The van der Waals surface area contributed by atoms with Crippen molar-refractivity contribution in [3.8, 4) is 0 Å². The Hall–Kier alpha value is -0.120. The highest BCUT2D eigenvalue weighted by molar-refractivity contribution is 5.18. The lowest BCUT2D eigenvalue weighted by molar-refractivity contribution is -0.159. The molecule has 24 heavy (non-hydrogen) atoms. The van der Waals surface area contributed by atoms with Crippen LogP contribution in [0.15, 0.2) is 0 Å². The Kier molecular flexibility index (Phi) is 3.49. The number of rotatable bonds is 2. The van der Waals surface area contributed by atoms with Gasteiger partial charge < -0.3 is 14.6 Å². The zero-order valence-electron chi connectivity index (χ0n) is 15.4. The highest BCUT2D eigenvalue weighted by atomic mass is 16.6. The summed E-state index contributed by atoms with van der Waals surface area (Å²) in [5, 5.41) is 10.2. The Labute approximate surface area is 146 Å². The first kappa shape index (κ1) is 16.1. The molecular formula is C21H34O3. The quantitative estimate of drug-likeness (QED) is 0.781. The average molecular weight is 335 g/mol. The SMILES string of the molecule is COCC12CCC(O)CC1CCC1C2CCC2(C)C1CCC21CO1. The van der Waals surface area contributed by atoms with Crippen molar-refractivity contribution in [3.05, 3.63) is 0 Å². The van der Waals surface area contributed by atoms with Crippen molar-refractivity contribution in [2.45, 2.75) is 76.4 Å². The summed E-state index contributed by atoms with van der Waals surface area (Å²) < 4.78 is 11.9. The number of hydrogen-bond acceptors (Lipinski definition) is 3. The first-order valence-corrected chi connectivity index (χ1v) is 10.4. The topological polar surface area (TPSA) is 42.0 Å². The fraction of sp³-hybridized carbons (Fsp3) is 1.00. The minimum atomic E-state index is -0.0694. The second kappa shape index (κ2) is 5.20. The number of aliphatic hydroxyl groups is 1.